The van der Waals surface area contributed by atoms with Crippen LogP contribution in [-0.2, 0) is 20.1 Å². The number of pyridine rings is 1. The van der Waals surface area contributed by atoms with Crippen molar-refractivity contribution in [3.05, 3.63) is 77.9 Å². The molecule has 2 aromatic heterocycles. The summed E-state index contributed by atoms with van der Waals surface area (Å²) in [5.74, 6) is 0.0637. The van der Waals surface area contributed by atoms with Crippen LogP contribution in [0.3, 0.4) is 0 Å². The number of benzene rings is 2. The van der Waals surface area contributed by atoms with Crippen molar-refractivity contribution in [3.8, 4) is 11.1 Å². The fourth-order valence-electron chi connectivity index (χ4n) is 4.55. The molecule has 1 aliphatic rings. The minimum absolute atomic E-state index is 0.0637. The number of hydrogen-bond acceptors (Lipinski definition) is 6. The van der Waals surface area contributed by atoms with Crippen LogP contribution in [0.2, 0.25) is 0 Å². The molecule has 7 heteroatoms. The number of ketones is 1. The SMILES string of the molecule is CN1CCN(c2cccc(C(=O)Cc3cc4cc(-c5cnn(C)c5CO)ccc4cn3)c2)CC1. The summed E-state index contributed by atoms with van der Waals surface area (Å²) < 4.78 is 1.69. The third kappa shape index (κ3) is 4.44. The van der Waals surface area contributed by atoms with E-state index in [0.717, 1.165) is 70.7 Å². The largest absolute Gasteiger partial charge is 0.390 e. The first-order chi connectivity index (χ1) is 16.5. The zero-order valence-corrected chi connectivity index (χ0v) is 19.6. The summed E-state index contributed by atoms with van der Waals surface area (Å²) in [7, 11) is 3.96. The molecule has 1 aliphatic heterocycles. The molecule has 2 aromatic carbocycles. The van der Waals surface area contributed by atoms with E-state index in [1.165, 1.54) is 0 Å². The molecule has 0 amide bonds. The van der Waals surface area contributed by atoms with E-state index in [4.69, 9.17) is 0 Å². The summed E-state index contributed by atoms with van der Waals surface area (Å²) in [6.07, 6.45) is 3.84. The van der Waals surface area contributed by atoms with Crippen LogP contribution in [0.25, 0.3) is 21.9 Å². The summed E-state index contributed by atoms with van der Waals surface area (Å²) in [6, 6.07) is 16.0. The van der Waals surface area contributed by atoms with Crippen LogP contribution in [-0.4, -0.2) is 63.8 Å². The quantitative estimate of drug-likeness (QED) is 0.450. The van der Waals surface area contributed by atoms with Crippen molar-refractivity contribution in [1.29, 1.82) is 0 Å². The normalized spacial score (nSPS) is 14.6. The molecule has 1 saturated heterocycles. The van der Waals surface area contributed by atoms with Gasteiger partial charge in [-0.3, -0.25) is 14.5 Å². The zero-order chi connectivity index (χ0) is 23.7. The number of carbonyl (C=O) groups is 1. The van der Waals surface area contributed by atoms with Crippen molar-refractivity contribution in [2.45, 2.75) is 13.0 Å². The Bertz CT molecular complexity index is 1340. The van der Waals surface area contributed by atoms with Gasteiger partial charge in [-0.05, 0) is 42.3 Å². The molecule has 0 aliphatic carbocycles. The second kappa shape index (κ2) is 9.37. The highest BCUT2D eigenvalue weighted by Crippen LogP contribution is 2.27. The van der Waals surface area contributed by atoms with Crippen molar-refractivity contribution in [2.75, 3.05) is 38.1 Å². The number of anilines is 1. The Hall–Kier alpha value is -3.55. The number of hydrogen-bond donors (Lipinski definition) is 1. The number of fused-ring (bicyclic) bond motifs is 1. The number of piperazine rings is 1. The van der Waals surface area contributed by atoms with E-state index in [0.29, 0.717) is 0 Å². The third-order valence-electron chi connectivity index (χ3n) is 6.68. The number of likely N-dealkylation sites (N-methyl/N-ethyl adjacent to an activating group) is 1. The lowest BCUT2D eigenvalue weighted by atomic mass is 10.0. The van der Waals surface area contributed by atoms with Crippen LogP contribution in [0.15, 0.2) is 60.9 Å². The first-order valence-electron chi connectivity index (χ1n) is 11.6. The molecule has 0 unspecified atom stereocenters. The van der Waals surface area contributed by atoms with Crippen molar-refractivity contribution < 1.29 is 9.90 Å². The highest BCUT2D eigenvalue weighted by Gasteiger charge is 2.16. The maximum Gasteiger partial charge on any atom is 0.168 e. The van der Waals surface area contributed by atoms with Crippen LogP contribution >= 0.6 is 0 Å². The molecule has 3 heterocycles. The number of nitrogens with zero attached hydrogens (tertiary/aromatic N) is 5. The molecule has 34 heavy (non-hydrogen) atoms. The molecule has 0 atom stereocenters. The van der Waals surface area contributed by atoms with Crippen molar-refractivity contribution in [3.63, 3.8) is 0 Å². The van der Waals surface area contributed by atoms with E-state index < -0.39 is 0 Å². The molecule has 0 spiro atoms. The second-order valence-corrected chi connectivity index (χ2v) is 8.96. The van der Waals surface area contributed by atoms with E-state index in [1.54, 1.807) is 10.9 Å². The van der Waals surface area contributed by atoms with Gasteiger partial charge < -0.3 is 14.9 Å². The number of aryl methyl sites for hydroxylation is 1. The zero-order valence-electron chi connectivity index (χ0n) is 19.6. The Labute approximate surface area is 199 Å². The summed E-state index contributed by atoms with van der Waals surface area (Å²) in [6.45, 7) is 3.92. The van der Waals surface area contributed by atoms with Gasteiger partial charge in [0.25, 0.3) is 0 Å². The minimum atomic E-state index is -0.0762. The van der Waals surface area contributed by atoms with Crippen LogP contribution in [0.1, 0.15) is 21.7 Å². The van der Waals surface area contributed by atoms with E-state index in [2.05, 4.69) is 39.1 Å². The van der Waals surface area contributed by atoms with Gasteiger partial charge in [0.1, 0.15) is 0 Å². The molecule has 7 nitrogen and oxygen atoms in total. The Morgan fingerprint density at radius 2 is 1.79 bits per heavy atom. The molecule has 0 radical (unpaired) electrons. The number of aliphatic hydroxyl groups excluding tert-OH is 1. The Morgan fingerprint density at radius 3 is 2.59 bits per heavy atom. The summed E-state index contributed by atoms with van der Waals surface area (Å²) >= 11 is 0. The molecule has 4 aromatic rings. The van der Waals surface area contributed by atoms with Crippen LogP contribution in [0.5, 0.6) is 0 Å². The molecule has 5 rings (SSSR count). The molecule has 1 fully saturated rings. The Kier molecular flexibility index (Phi) is 6.13. The highest BCUT2D eigenvalue weighted by atomic mass is 16.3. The molecular weight excluding hydrogens is 426 g/mol. The minimum Gasteiger partial charge on any atom is -0.390 e. The van der Waals surface area contributed by atoms with Gasteiger partial charge in [0.2, 0.25) is 0 Å². The van der Waals surface area contributed by atoms with Crippen LogP contribution in [0.4, 0.5) is 5.69 Å². The lowest BCUT2D eigenvalue weighted by Crippen LogP contribution is -2.44. The smallest absolute Gasteiger partial charge is 0.168 e. The highest BCUT2D eigenvalue weighted by molar-refractivity contribution is 5.98. The lowest BCUT2D eigenvalue weighted by molar-refractivity contribution is 0.0992. The van der Waals surface area contributed by atoms with Gasteiger partial charge in [-0.2, -0.15) is 5.10 Å². The van der Waals surface area contributed by atoms with Gasteiger partial charge in [-0.25, -0.2) is 0 Å². The average molecular weight is 456 g/mol. The molecule has 174 valence electrons. The van der Waals surface area contributed by atoms with Crippen molar-refractivity contribution in [1.82, 2.24) is 19.7 Å². The average Bonchev–Trinajstić information content (AvgIpc) is 3.24. The maximum atomic E-state index is 13.1. The standard InChI is InChI=1S/C27H29N5O2/c1-30-8-10-32(11-9-30)24-5-3-4-20(14-24)27(34)15-23-13-22-12-19(6-7-21(22)16-28-23)25-17-29-31(2)26(25)18-33/h3-7,12-14,16-17,33H,8-11,15,18H2,1-2H3. The number of carbonyl (C=O) groups excluding carboxylic acids is 1. The van der Waals surface area contributed by atoms with E-state index >= 15 is 0 Å². The van der Waals surface area contributed by atoms with Gasteiger partial charge in [-0.1, -0.05) is 24.3 Å². The number of aliphatic hydroxyl groups is 1. The number of Topliss-reactive ketones (excluding diaryl/α,β-unsaturated/α-hetero) is 1. The molecule has 1 N–H and O–H groups in total. The predicted molar refractivity (Wildman–Crippen MR) is 134 cm³/mol. The van der Waals surface area contributed by atoms with Crippen LogP contribution < -0.4 is 4.90 Å². The van der Waals surface area contributed by atoms with E-state index in [9.17, 15) is 9.90 Å². The Morgan fingerprint density at radius 1 is 0.971 bits per heavy atom. The predicted octanol–water partition coefficient (Wildman–Crippen LogP) is 3.30. The fourth-order valence-corrected chi connectivity index (χ4v) is 4.55. The van der Waals surface area contributed by atoms with Crippen molar-refractivity contribution >= 4 is 22.2 Å². The summed E-state index contributed by atoms with van der Waals surface area (Å²) in [4.78, 5) is 22.3. The van der Waals surface area contributed by atoms with Gasteiger partial charge in [0, 0.05) is 67.3 Å². The molecule has 0 bridgehead atoms. The van der Waals surface area contributed by atoms with Gasteiger partial charge in [0.05, 0.1) is 24.9 Å². The Balaban J connectivity index is 1.37. The van der Waals surface area contributed by atoms with E-state index in [1.807, 2.05) is 49.6 Å². The van der Waals surface area contributed by atoms with Gasteiger partial charge in [0.15, 0.2) is 5.78 Å². The van der Waals surface area contributed by atoms with E-state index in [-0.39, 0.29) is 18.8 Å². The first kappa shape index (κ1) is 22.3. The van der Waals surface area contributed by atoms with Gasteiger partial charge in [-0.15, -0.1) is 0 Å². The number of aromatic nitrogens is 3. The van der Waals surface area contributed by atoms with Crippen molar-refractivity contribution in [2.24, 2.45) is 7.05 Å². The second-order valence-electron chi connectivity index (χ2n) is 8.96. The maximum absolute atomic E-state index is 13.1. The third-order valence-corrected chi connectivity index (χ3v) is 6.68. The monoisotopic (exact) mass is 455 g/mol. The number of rotatable bonds is 6. The molecule has 0 saturated carbocycles. The first-order valence-corrected chi connectivity index (χ1v) is 11.6. The topological polar surface area (TPSA) is 74.5 Å². The fraction of sp³-hybridized carbons (Fsp3) is 0.296. The summed E-state index contributed by atoms with van der Waals surface area (Å²) in [5, 5.41) is 16.0. The molecular formula is C27H29N5O2. The summed E-state index contributed by atoms with van der Waals surface area (Å²) in [5.41, 5.74) is 5.22. The van der Waals surface area contributed by atoms with Gasteiger partial charge >= 0.3 is 0 Å². The van der Waals surface area contributed by atoms with Crippen LogP contribution in [0, 0.1) is 0 Å². The lowest BCUT2D eigenvalue weighted by Gasteiger charge is -2.34.